The van der Waals surface area contributed by atoms with E-state index in [9.17, 15) is 0 Å². The van der Waals surface area contributed by atoms with E-state index in [1.54, 1.807) is 0 Å². The Bertz CT molecular complexity index is 374. The predicted molar refractivity (Wildman–Crippen MR) is 74.8 cm³/mol. The second-order valence-corrected chi connectivity index (χ2v) is 6.78. The van der Waals surface area contributed by atoms with Crippen molar-refractivity contribution in [3.05, 3.63) is 11.7 Å². The summed E-state index contributed by atoms with van der Waals surface area (Å²) in [6.45, 7) is 8.74. The zero-order valence-electron chi connectivity index (χ0n) is 11.5. The van der Waals surface area contributed by atoms with Crippen LogP contribution in [0.5, 0.6) is 0 Å². The van der Waals surface area contributed by atoms with Gasteiger partial charge in [0.2, 0.25) is 5.89 Å². The molecule has 0 radical (unpaired) electrons. The summed E-state index contributed by atoms with van der Waals surface area (Å²) in [5, 5.41) is 8.14. The number of thioether (sulfide) groups is 1. The number of nitrogens with one attached hydrogen (secondary N) is 1. The Hall–Kier alpha value is -0.550. The van der Waals surface area contributed by atoms with Gasteiger partial charge in [0.05, 0.1) is 5.75 Å². The van der Waals surface area contributed by atoms with E-state index in [0.717, 1.165) is 43.4 Å². The molecule has 1 N–H and O–H groups in total. The maximum atomic E-state index is 5.47. The molecule has 1 fully saturated rings. The van der Waals surface area contributed by atoms with Gasteiger partial charge in [0.1, 0.15) is 0 Å². The second-order valence-electron chi connectivity index (χ2n) is 5.36. The Morgan fingerprint density at radius 2 is 2.17 bits per heavy atom. The van der Waals surface area contributed by atoms with E-state index in [4.69, 9.17) is 4.52 Å². The zero-order chi connectivity index (χ0) is 13.0. The Labute approximate surface area is 113 Å². The van der Waals surface area contributed by atoms with Crippen LogP contribution in [-0.4, -0.2) is 28.5 Å². The molecular weight excluding hydrogens is 246 g/mol. The molecule has 2 heterocycles. The average Bonchev–Trinajstić information content (AvgIpc) is 2.86. The number of rotatable bonds is 5. The lowest BCUT2D eigenvalue weighted by Crippen LogP contribution is -2.37. The Morgan fingerprint density at radius 1 is 1.44 bits per heavy atom. The first-order valence-corrected chi connectivity index (χ1v) is 7.84. The molecule has 1 aliphatic rings. The van der Waals surface area contributed by atoms with Crippen LogP contribution in [0.2, 0.25) is 0 Å². The molecule has 1 atom stereocenters. The van der Waals surface area contributed by atoms with Gasteiger partial charge < -0.3 is 9.84 Å². The maximum Gasteiger partial charge on any atom is 0.232 e. The molecule has 1 unspecified atom stereocenters. The third-order valence-corrected chi connectivity index (χ3v) is 5.09. The molecule has 102 valence electrons. The van der Waals surface area contributed by atoms with E-state index in [2.05, 4.69) is 36.2 Å². The molecule has 5 heteroatoms. The number of piperidine rings is 1. The highest BCUT2D eigenvalue weighted by Crippen LogP contribution is 2.32. The number of hydrogen-bond donors (Lipinski definition) is 1. The van der Waals surface area contributed by atoms with Crippen LogP contribution in [0.3, 0.4) is 0 Å². The SMILES string of the molecule is CCC(C)SCc1noc(C2(C)CCNCC2)n1. The van der Waals surface area contributed by atoms with E-state index in [1.807, 2.05) is 11.8 Å². The fourth-order valence-corrected chi connectivity index (χ4v) is 2.87. The molecule has 0 amide bonds. The fourth-order valence-electron chi connectivity index (χ4n) is 2.08. The van der Waals surface area contributed by atoms with Crippen molar-refractivity contribution in [3.8, 4) is 0 Å². The minimum atomic E-state index is 0.0670. The molecule has 2 rings (SSSR count). The van der Waals surface area contributed by atoms with Crippen molar-refractivity contribution in [2.75, 3.05) is 13.1 Å². The Balaban J connectivity index is 1.96. The van der Waals surface area contributed by atoms with Crippen LogP contribution in [-0.2, 0) is 11.2 Å². The quantitative estimate of drug-likeness (QED) is 0.890. The van der Waals surface area contributed by atoms with Gasteiger partial charge in [-0.1, -0.05) is 25.9 Å². The molecule has 1 aromatic heterocycles. The number of nitrogens with zero attached hydrogens (tertiary/aromatic N) is 2. The van der Waals surface area contributed by atoms with E-state index >= 15 is 0 Å². The van der Waals surface area contributed by atoms with Crippen molar-refractivity contribution in [1.29, 1.82) is 0 Å². The molecule has 0 spiro atoms. The first-order chi connectivity index (χ1) is 8.64. The summed E-state index contributed by atoms with van der Waals surface area (Å²) < 4.78 is 5.47. The van der Waals surface area contributed by atoms with Crippen LogP contribution < -0.4 is 5.32 Å². The molecule has 0 aromatic carbocycles. The van der Waals surface area contributed by atoms with Gasteiger partial charge in [0, 0.05) is 10.7 Å². The molecule has 18 heavy (non-hydrogen) atoms. The molecule has 0 saturated carbocycles. The summed E-state index contributed by atoms with van der Waals surface area (Å²) in [6, 6.07) is 0. The summed E-state index contributed by atoms with van der Waals surface area (Å²) in [5.74, 6) is 2.52. The lowest BCUT2D eigenvalue weighted by Gasteiger charge is -2.30. The van der Waals surface area contributed by atoms with Crippen LogP contribution in [0.15, 0.2) is 4.52 Å². The highest BCUT2D eigenvalue weighted by atomic mass is 32.2. The standard InChI is InChI=1S/C13H23N3OS/c1-4-10(2)18-9-11-15-12(17-16-11)13(3)5-7-14-8-6-13/h10,14H,4-9H2,1-3H3. The third kappa shape index (κ3) is 3.26. The Morgan fingerprint density at radius 3 is 2.83 bits per heavy atom. The van der Waals surface area contributed by atoms with Crippen molar-refractivity contribution in [1.82, 2.24) is 15.5 Å². The topological polar surface area (TPSA) is 51.0 Å². The maximum absolute atomic E-state index is 5.47. The van der Waals surface area contributed by atoms with Crippen LogP contribution in [0.25, 0.3) is 0 Å². The summed E-state index contributed by atoms with van der Waals surface area (Å²) >= 11 is 1.89. The summed E-state index contributed by atoms with van der Waals surface area (Å²) in [4.78, 5) is 4.59. The minimum Gasteiger partial charge on any atom is -0.339 e. The summed E-state index contributed by atoms with van der Waals surface area (Å²) in [6.07, 6.45) is 3.33. The van der Waals surface area contributed by atoms with E-state index in [1.165, 1.54) is 6.42 Å². The largest absolute Gasteiger partial charge is 0.339 e. The van der Waals surface area contributed by atoms with Crippen molar-refractivity contribution in [2.45, 2.75) is 56.5 Å². The van der Waals surface area contributed by atoms with Crippen LogP contribution in [0.4, 0.5) is 0 Å². The predicted octanol–water partition coefficient (Wildman–Crippen LogP) is 2.74. The van der Waals surface area contributed by atoms with Crippen LogP contribution in [0.1, 0.15) is 51.7 Å². The van der Waals surface area contributed by atoms with Gasteiger partial charge in [-0.05, 0) is 32.4 Å². The van der Waals surface area contributed by atoms with E-state index in [-0.39, 0.29) is 5.41 Å². The van der Waals surface area contributed by atoms with Crippen molar-refractivity contribution >= 4 is 11.8 Å². The Kier molecular flexibility index (Phi) is 4.67. The minimum absolute atomic E-state index is 0.0670. The molecule has 1 saturated heterocycles. The van der Waals surface area contributed by atoms with Gasteiger partial charge in [-0.2, -0.15) is 16.7 Å². The lowest BCUT2D eigenvalue weighted by atomic mass is 9.81. The van der Waals surface area contributed by atoms with Crippen molar-refractivity contribution in [3.63, 3.8) is 0 Å². The summed E-state index contributed by atoms with van der Waals surface area (Å²) in [7, 11) is 0. The van der Waals surface area contributed by atoms with Crippen molar-refractivity contribution < 1.29 is 4.52 Å². The molecule has 0 aliphatic carbocycles. The highest BCUT2D eigenvalue weighted by Gasteiger charge is 2.34. The number of aromatic nitrogens is 2. The van der Waals surface area contributed by atoms with Gasteiger partial charge in [-0.3, -0.25) is 0 Å². The van der Waals surface area contributed by atoms with Gasteiger partial charge in [-0.25, -0.2) is 0 Å². The van der Waals surface area contributed by atoms with Gasteiger partial charge in [0.25, 0.3) is 0 Å². The van der Waals surface area contributed by atoms with Crippen LogP contribution in [0, 0.1) is 0 Å². The first-order valence-electron chi connectivity index (χ1n) is 6.79. The normalized spacial score (nSPS) is 20.8. The highest BCUT2D eigenvalue weighted by molar-refractivity contribution is 7.99. The third-order valence-electron chi connectivity index (χ3n) is 3.76. The number of hydrogen-bond acceptors (Lipinski definition) is 5. The van der Waals surface area contributed by atoms with E-state index < -0.39 is 0 Å². The van der Waals surface area contributed by atoms with Crippen molar-refractivity contribution in [2.24, 2.45) is 0 Å². The van der Waals surface area contributed by atoms with Crippen LogP contribution >= 0.6 is 11.8 Å². The zero-order valence-corrected chi connectivity index (χ0v) is 12.3. The smallest absolute Gasteiger partial charge is 0.232 e. The summed E-state index contributed by atoms with van der Waals surface area (Å²) in [5.41, 5.74) is 0.0670. The van der Waals surface area contributed by atoms with Gasteiger partial charge >= 0.3 is 0 Å². The first kappa shape index (κ1) is 13.9. The van der Waals surface area contributed by atoms with Gasteiger partial charge in [-0.15, -0.1) is 0 Å². The monoisotopic (exact) mass is 269 g/mol. The average molecular weight is 269 g/mol. The molecule has 0 bridgehead atoms. The molecular formula is C13H23N3OS. The molecule has 1 aliphatic heterocycles. The second kappa shape index (κ2) is 6.06. The fraction of sp³-hybridized carbons (Fsp3) is 0.846. The van der Waals surface area contributed by atoms with Gasteiger partial charge in [0.15, 0.2) is 5.82 Å². The lowest BCUT2D eigenvalue weighted by molar-refractivity contribution is 0.240. The molecule has 4 nitrogen and oxygen atoms in total. The van der Waals surface area contributed by atoms with E-state index in [0.29, 0.717) is 5.25 Å². The molecule has 1 aromatic rings.